The van der Waals surface area contributed by atoms with Gasteiger partial charge in [0.25, 0.3) is 0 Å². The molecule has 6 heteroatoms. The van der Waals surface area contributed by atoms with Crippen LogP contribution in [0.2, 0.25) is 5.02 Å². The number of benzene rings is 2. The van der Waals surface area contributed by atoms with Crippen LogP contribution in [0.3, 0.4) is 0 Å². The molecule has 2 heterocycles. The van der Waals surface area contributed by atoms with Gasteiger partial charge in [0.2, 0.25) is 0 Å². The summed E-state index contributed by atoms with van der Waals surface area (Å²) in [6.07, 6.45) is 1.79. The van der Waals surface area contributed by atoms with E-state index >= 15 is 0 Å². The Labute approximate surface area is 217 Å². The maximum atomic E-state index is 6.50. The minimum absolute atomic E-state index is 0.142. The summed E-state index contributed by atoms with van der Waals surface area (Å²) in [6, 6.07) is 15.0. The molecular weight excluding hydrogens is 460 g/mol. The van der Waals surface area contributed by atoms with Crippen LogP contribution in [0.5, 0.6) is 5.75 Å². The van der Waals surface area contributed by atoms with E-state index in [0.29, 0.717) is 30.7 Å². The summed E-state index contributed by atoms with van der Waals surface area (Å²) >= 11 is 6.50. The van der Waals surface area contributed by atoms with Crippen molar-refractivity contribution in [1.29, 1.82) is 0 Å². The topological polar surface area (TPSA) is 34.2 Å². The maximum Gasteiger partial charge on any atom is 0.196 e. The maximum absolute atomic E-state index is 6.50. The summed E-state index contributed by atoms with van der Waals surface area (Å²) in [4.78, 5) is 4.97. The van der Waals surface area contributed by atoms with Crippen molar-refractivity contribution in [3.05, 3.63) is 58.6 Å². The Hall–Kier alpha value is -1.79. The van der Waals surface area contributed by atoms with Crippen LogP contribution >= 0.6 is 11.6 Å². The van der Waals surface area contributed by atoms with E-state index in [1.807, 2.05) is 37.3 Å². The Bertz CT molecular complexity index is 913. The predicted molar refractivity (Wildman–Crippen MR) is 146 cm³/mol. The number of ether oxygens (including phenoxy) is 3. The molecule has 0 aromatic heterocycles. The number of rotatable bonds is 7. The van der Waals surface area contributed by atoms with Crippen molar-refractivity contribution >= 4 is 17.3 Å². The number of hydrogen-bond donors (Lipinski definition) is 0. The zero-order valence-electron chi connectivity index (χ0n) is 22.4. The number of nitrogens with zero attached hydrogens (tertiary/aromatic N) is 2. The Kier molecular flexibility index (Phi) is 10.3. The highest BCUT2D eigenvalue weighted by molar-refractivity contribution is 6.31. The Morgan fingerprint density at radius 1 is 1.03 bits per heavy atom. The van der Waals surface area contributed by atoms with Gasteiger partial charge in [-0.25, -0.2) is 0 Å². The normalized spacial score (nSPS) is 22.7. The lowest BCUT2D eigenvalue weighted by atomic mass is 10.0. The molecule has 2 atom stereocenters. The smallest absolute Gasteiger partial charge is 0.196 e. The molecule has 2 aromatic rings. The van der Waals surface area contributed by atoms with Crippen LogP contribution in [0, 0.1) is 6.92 Å². The summed E-state index contributed by atoms with van der Waals surface area (Å²) in [5, 5.41) is 0.679. The first kappa shape index (κ1) is 27.8. The molecule has 194 valence electrons. The minimum atomic E-state index is -0.805. The molecule has 2 aromatic carbocycles. The molecule has 1 unspecified atom stereocenters. The lowest BCUT2D eigenvalue weighted by molar-refractivity contribution is -0.181. The molecule has 0 N–H and O–H groups in total. The lowest BCUT2D eigenvalue weighted by Gasteiger charge is -2.38. The third kappa shape index (κ3) is 7.13. The molecule has 0 aliphatic carbocycles. The minimum Gasteiger partial charge on any atom is -0.491 e. The predicted octanol–water partition coefficient (Wildman–Crippen LogP) is 6.65. The Morgan fingerprint density at radius 2 is 1.69 bits per heavy atom. The molecule has 2 aliphatic rings. The van der Waals surface area contributed by atoms with Gasteiger partial charge < -0.3 is 19.1 Å². The van der Waals surface area contributed by atoms with E-state index in [0.717, 1.165) is 43.1 Å². The third-order valence-corrected chi connectivity index (χ3v) is 6.85. The second-order valence-electron chi connectivity index (χ2n) is 9.77. The van der Waals surface area contributed by atoms with Gasteiger partial charge in [-0.3, -0.25) is 4.90 Å². The molecule has 2 saturated heterocycles. The molecule has 4 rings (SSSR count). The summed E-state index contributed by atoms with van der Waals surface area (Å²) in [5.41, 5.74) is 3.25. The summed E-state index contributed by atoms with van der Waals surface area (Å²) in [5.74, 6) is 0.0430. The van der Waals surface area contributed by atoms with Gasteiger partial charge in [0.15, 0.2) is 5.79 Å². The average molecular weight is 503 g/mol. The van der Waals surface area contributed by atoms with Crippen LogP contribution in [-0.4, -0.2) is 56.4 Å². The third-order valence-electron chi connectivity index (χ3n) is 6.54. The van der Waals surface area contributed by atoms with Crippen LogP contribution in [0.1, 0.15) is 58.6 Å². The van der Waals surface area contributed by atoms with E-state index in [2.05, 4.69) is 56.6 Å². The second kappa shape index (κ2) is 13.0. The highest BCUT2D eigenvalue weighted by atomic mass is 35.5. The molecule has 0 saturated carbocycles. The van der Waals surface area contributed by atoms with E-state index < -0.39 is 5.79 Å². The van der Waals surface area contributed by atoms with Crippen molar-refractivity contribution in [3.63, 3.8) is 0 Å². The highest BCUT2D eigenvalue weighted by Crippen LogP contribution is 2.41. The SMILES string of the molecule is CCC.CC[C@]1(c2ccc(C)cc2Cl)OCC(COc2ccc(N3CCN(C(C)C)CC3)cc2)O1. The summed E-state index contributed by atoms with van der Waals surface area (Å²) in [7, 11) is 0. The fourth-order valence-corrected chi connectivity index (χ4v) is 4.91. The van der Waals surface area contributed by atoms with E-state index in [1.54, 1.807) is 0 Å². The van der Waals surface area contributed by atoms with Gasteiger partial charge in [-0.05, 0) is 56.7 Å². The fourth-order valence-electron chi connectivity index (χ4n) is 4.53. The van der Waals surface area contributed by atoms with E-state index in [-0.39, 0.29) is 6.10 Å². The number of piperazine rings is 1. The van der Waals surface area contributed by atoms with Crippen molar-refractivity contribution in [2.45, 2.75) is 72.3 Å². The molecule has 0 spiro atoms. The zero-order chi connectivity index (χ0) is 25.4. The van der Waals surface area contributed by atoms with Gasteiger partial charge in [-0.1, -0.05) is 50.9 Å². The zero-order valence-corrected chi connectivity index (χ0v) is 23.1. The summed E-state index contributed by atoms with van der Waals surface area (Å²) < 4.78 is 18.5. The molecule has 2 aliphatic heterocycles. The van der Waals surface area contributed by atoms with Gasteiger partial charge in [0.1, 0.15) is 18.5 Å². The number of aryl methyl sites for hydroxylation is 1. The van der Waals surface area contributed by atoms with Crippen LogP contribution in [-0.2, 0) is 15.3 Å². The van der Waals surface area contributed by atoms with E-state index in [9.17, 15) is 0 Å². The Balaban J connectivity index is 0.00000108. The van der Waals surface area contributed by atoms with Crippen molar-refractivity contribution in [2.75, 3.05) is 44.3 Å². The standard InChI is InChI=1S/C26H35ClN2O3.C3H8/c1-5-26(24-11-6-20(4)16-25(24)27)31-18-23(32-26)17-30-22-9-7-21(8-10-22)29-14-12-28(13-15-29)19(2)3;1-3-2/h6-11,16,19,23H,5,12-15,17-18H2,1-4H3;3H2,1-2H3/t23?,26-;/m0./s1. The van der Waals surface area contributed by atoms with Crippen LogP contribution in [0.15, 0.2) is 42.5 Å². The van der Waals surface area contributed by atoms with Gasteiger partial charge in [0.05, 0.1) is 6.61 Å². The van der Waals surface area contributed by atoms with Gasteiger partial charge >= 0.3 is 0 Å². The van der Waals surface area contributed by atoms with Crippen LogP contribution < -0.4 is 9.64 Å². The first-order valence-electron chi connectivity index (χ1n) is 13.1. The Morgan fingerprint density at radius 3 is 2.26 bits per heavy atom. The number of anilines is 1. The van der Waals surface area contributed by atoms with Crippen molar-refractivity contribution in [2.24, 2.45) is 0 Å². The molecule has 5 nitrogen and oxygen atoms in total. The van der Waals surface area contributed by atoms with E-state index in [4.69, 9.17) is 25.8 Å². The van der Waals surface area contributed by atoms with Gasteiger partial charge in [-0.2, -0.15) is 0 Å². The lowest BCUT2D eigenvalue weighted by Crippen LogP contribution is -2.48. The molecule has 0 radical (unpaired) electrons. The molecule has 0 bridgehead atoms. The quantitative estimate of drug-likeness (QED) is 0.423. The number of halogens is 1. The van der Waals surface area contributed by atoms with Gasteiger partial charge in [0, 0.05) is 54.9 Å². The summed E-state index contributed by atoms with van der Waals surface area (Å²) in [6.45, 7) is 18.1. The molecule has 0 amide bonds. The highest BCUT2D eigenvalue weighted by Gasteiger charge is 2.43. The van der Waals surface area contributed by atoms with Crippen molar-refractivity contribution in [1.82, 2.24) is 4.90 Å². The fraction of sp³-hybridized carbons (Fsp3) is 0.586. The van der Waals surface area contributed by atoms with Crippen molar-refractivity contribution < 1.29 is 14.2 Å². The molecule has 35 heavy (non-hydrogen) atoms. The monoisotopic (exact) mass is 502 g/mol. The van der Waals surface area contributed by atoms with Crippen LogP contribution in [0.4, 0.5) is 5.69 Å². The first-order chi connectivity index (χ1) is 16.8. The molecule has 2 fully saturated rings. The molecular formula is C29H43ClN2O3. The number of hydrogen-bond acceptors (Lipinski definition) is 5. The second-order valence-corrected chi connectivity index (χ2v) is 10.2. The largest absolute Gasteiger partial charge is 0.491 e. The van der Waals surface area contributed by atoms with Crippen LogP contribution in [0.25, 0.3) is 0 Å². The van der Waals surface area contributed by atoms with Crippen molar-refractivity contribution in [3.8, 4) is 5.75 Å². The van der Waals surface area contributed by atoms with E-state index in [1.165, 1.54) is 12.1 Å². The first-order valence-corrected chi connectivity index (χ1v) is 13.5. The average Bonchev–Trinajstić information content (AvgIpc) is 3.28. The van der Waals surface area contributed by atoms with Gasteiger partial charge in [-0.15, -0.1) is 0 Å².